The summed E-state index contributed by atoms with van der Waals surface area (Å²) in [6, 6.07) is 41.5. The van der Waals surface area contributed by atoms with Crippen LogP contribution in [0.4, 0.5) is 34.1 Å². The fourth-order valence-electron chi connectivity index (χ4n) is 8.58. The molecule has 2 aliphatic heterocycles. The molecule has 8 N–H and O–H groups in total. The van der Waals surface area contributed by atoms with Crippen molar-refractivity contribution in [3.63, 3.8) is 0 Å². The summed E-state index contributed by atoms with van der Waals surface area (Å²) in [4.78, 5) is 4.58. The number of rotatable bonds is 13. The summed E-state index contributed by atoms with van der Waals surface area (Å²) in [7, 11) is 4.24. The maximum Gasteiger partial charge on any atom is 0.119 e. The van der Waals surface area contributed by atoms with Crippen LogP contribution < -0.4 is 42.2 Å². The van der Waals surface area contributed by atoms with Gasteiger partial charge in [-0.2, -0.15) is 0 Å². The maximum absolute atomic E-state index is 6.29. The van der Waals surface area contributed by atoms with E-state index in [9.17, 15) is 0 Å². The minimum Gasteiger partial charge on any atom is -0.494 e. The molecule has 8 heteroatoms. The van der Waals surface area contributed by atoms with Crippen molar-refractivity contribution in [1.29, 1.82) is 0 Å². The van der Waals surface area contributed by atoms with Gasteiger partial charge in [-0.25, -0.2) is 0 Å². The lowest BCUT2D eigenvalue weighted by Crippen LogP contribution is -2.29. The third-order valence-electron chi connectivity index (χ3n) is 11.3. The molecule has 0 radical (unpaired) electrons. The zero-order valence-corrected chi connectivity index (χ0v) is 32.4. The quantitative estimate of drug-likeness (QED) is 0.0680. The number of nitrogens with zero attached hydrogens (tertiary/aromatic N) is 2. The van der Waals surface area contributed by atoms with Crippen molar-refractivity contribution in [2.24, 2.45) is 0 Å². The Morgan fingerprint density at radius 2 is 0.804 bits per heavy atom. The largest absolute Gasteiger partial charge is 0.494 e. The van der Waals surface area contributed by atoms with Crippen molar-refractivity contribution >= 4 is 34.1 Å². The second kappa shape index (κ2) is 15.8. The molecule has 2 unspecified atom stereocenters. The van der Waals surface area contributed by atoms with E-state index >= 15 is 0 Å². The van der Waals surface area contributed by atoms with Crippen LogP contribution in [0, 0.1) is 0 Å². The molecule has 0 saturated heterocycles. The summed E-state index contributed by atoms with van der Waals surface area (Å²) in [6.45, 7) is 1.39. The number of fused-ring (bicyclic) bond motifs is 6. The second-order valence-electron chi connectivity index (χ2n) is 15.2. The van der Waals surface area contributed by atoms with Gasteiger partial charge in [0.15, 0.2) is 0 Å². The Morgan fingerprint density at radius 1 is 0.429 bits per heavy atom. The van der Waals surface area contributed by atoms with Gasteiger partial charge in [0, 0.05) is 59.3 Å². The third-order valence-corrected chi connectivity index (χ3v) is 11.3. The maximum atomic E-state index is 6.29. The molecule has 2 atom stereocenters. The van der Waals surface area contributed by atoms with Crippen LogP contribution in [-0.2, 0) is 0 Å². The minimum absolute atomic E-state index is 0.00583. The van der Waals surface area contributed by atoms with Gasteiger partial charge in [-0.1, -0.05) is 74.2 Å². The van der Waals surface area contributed by atoms with Crippen LogP contribution in [0.2, 0.25) is 0 Å². The van der Waals surface area contributed by atoms with E-state index in [1.54, 1.807) is 0 Å². The van der Waals surface area contributed by atoms with Gasteiger partial charge in [-0.05, 0) is 119 Å². The van der Waals surface area contributed by atoms with Crippen molar-refractivity contribution in [1.82, 2.24) is 0 Å². The van der Waals surface area contributed by atoms with E-state index in [-0.39, 0.29) is 12.1 Å². The molecule has 0 saturated carbocycles. The van der Waals surface area contributed by atoms with E-state index in [0.29, 0.717) is 13.2 Å². The van der Waals surface area contributed by atoms with Gasteiger partial charge in [0.05, 0.1) is 25.3 Å². The van der Waals surface area contributed by atoms with E-state index in [4.69, 9.17) is 32.4 Å². The molecular formula is C48H52N6O2. The molecule has 0 spiro atoms. The Balaban J connectivity index is 0.797. The average Bonchev–Trinajstić information content (AvgIpc) is 3.19. The van der Waals surface area contributed by atoms with E-state index in [1.165, 1.54) is 35.1 Å². The van der Waals surface area contributed by atoms with Gasteiger partial charge in [0.1, 0.15) is 11.5 Å². The molecule has 2 heterocycles. The zero-order chi connectivity index (χ0) is 38.8. The van der Waals surface area contributed by atoms with Crippen LogP contribution in [0.3, 0.4) is 0 Å². The first kappa shape index (κ1) is 36.7. The zero-order valence-electron chi connectivity index (χ0n) is 32.4. The Kier molecular flexibility index (Phi) is 10.4. The summed E-state index contributed by atoms with van der Waals surface area (Å²) >= 11 is 0. The van der Waals surface area contributed by atoms with Crippen molar-refractivity contribution < 1.29 is 9.47 Å². The van der Waals surface area contributed by atoms with E-state index in [2.05, 4.69) is 109 Å². The molecular weight excluding hydrogens is 693 g/mol. The highest BCUT2D eigenvalue weighted by molar-refractivity contribution is 5.89. The average molecular weight is 745 g/mol. The number of anilines is 6. The highest BCUT2D eigenvalue weighted by atomic mass is 16.5. The fourth-order valence-corrected chi connectivity index (χ4v) is 8.58. The predicted octanol–water partition coefficient (Wildman–Crippen LogP) is 10.2. The minimum atomic E-state index is -0.00583. The summed E-state index contributed by atoms with van der Waals surface area (Å²) in [5, 5.41) is 0. The summed E-state index contributed by atoms with van der Waals surface area (Å²) < 4.78 is 12.6. The van der Waals surface area contributed by atoms with Crippen molar-refractivity contribution in [2.75, 3.05) is 60.0 Å². The summed E-state index contributed by atoms with van der Waals surface area (Å²) in [5.74, 6) is 1.78. The standard InChI is InChI=1S/C48H52N6O2/c1-53-45-29-35(51)17-21-41(45)39-19-15-33(49)27-43(39)47(53)31-11-9-13-37(25-31)55-23-7-5-3-4-6-8-24-56-38-14-10-12-32(26-38)48-44-28-34(50)16-20-40(44)42-22-18-36(52)30-46(42)54(48)2/h9-22,25-30,47-48H,3-8,23-24,49-52H2,1-2H3. The predicted molar refractivity (Wildman–Crippen MR) is 233 cm³/mol. The summed E-state index contributed by atoms with van der Waals surface area (Å²) in [5.41, 5.74) is 39.6. The molecule has 286 valence electrons. The molecule has 0 aliphatic carbocycles. The molecule has 8 rings (SSSR count). The highest BCUT2D eigenvalue weighted by Crippen LogP contribution is 2.49. The molecule has 2 aliphatic rings. The van der Waals surface area contributed by atoms with Gasteiger partial charge in [-0.15, -0.1) is 0 Å². The van der Waals surface area contributed by atoms with Crippen LogP contribution in [0.15, 0.2) is 121 Å². The normalized spacial score (nSPS) is 15.4. The second-order valence-corrected chi connectivity index (χ2v) is 15.2. The van der Waals surface area contributed by atoms with Crippen molar-refractivity contribution in [2.45, 2.75) is 50.6 Å². The number of hydrogen-bond acceptors (Lipinski definition) is 8. The number of benzene rings is 6. The number of ether oxygens (including phenoxy) is 2. The number of unbranched alkanes of at least 4 members (excludes halogenated alkanes) is 5. The number of nitrogens with two attached hydrogens (primary N) is 4. The number of nitrogen functional groups attached to an aromatic ring is 4. The van der Waals surface area contributed by atoms with Gasteiger partial charge in [0.2, 0.25) is 0 Å². The molecule has 0 amide bonds. The van der Waals surface area contributed by atoms with E-state index < -0.39 is 0 Å². The summed E-state index contributed by atoms with van der Waals surface area (Å²) in [6.07, 6.45) is 6.65. The lowest BCUT2D eigenvalue weighted by atomic mass is 9.84. The first-order chi connectivity index (χ1) is 27.2. The van der Waals surface area contributed by atoms with Crippen molar-refractivity contribution in [3.8, 4) is 33.8 Å². The third kappa shape index (κ3) is 7.39. The molecule has 6 aromatic carbocycles. The first-order valence-corrected chi connectivity index (χ1v) is 19.7. The van der Waals surface area contributed by atoms with Crippen LogP contribution >= 0.6 is 0 Å². The lowest BCUT2D eigenvalue weighted by Gasteiger charge is -2.38. The van der Waals surface area contributed by atoms with Crippen LogP contribution in [-0.4, -0.2) is 27.3 Å². The van der Waals surface area contributed by atoms with Crippen LogP contribution in [0.25, 0.3) is 22.3 Å². The van der Waals surface area contributed by atoms with Crippen LogP contribution in [0.5, 0.6) is 11.5 Å². The number of hydrogen-bond donors (Lipinski definition) is 4. The molecule has 8 nitrogen and oxygen atoms in total. The first-order valence-electron chi connectivity index (χ1n) is 19.7. The Hall–Kier alpha value is -6.28. The molecule has 0 bridgehead atoms. The molecule has 6 aromatic rings. The van der Waals surface area contributed by atoms with Gasteiger partial charge < -0.3 is 42.2 Å². The Bertz CT molecular complexity index is 2190. The topological polar surface area (TPSA) is 129 Å². The Labute approximate surface area is 330 Å². The van der Waals surface area contributed by atoms with E-state index in [0.717, 1.165) is 93.6 Å². The molecule has 0 fully saturated rings. The van der Waals surface area contributed by atoms with Crippen LogP contribution in [0.1, 0.15) is 72.9 Å². The molecule has 56 heavy (non-hydrogen) atoms. The molecule has 0 aromatic heterocycles. The SMILES string of the molecule is CN1c2cc(N)ccc2-c2ccc(N)cc2C1c1cccc(OCCCCCCCCOc2cccc(C3c4cc(N)ccc4-c4ccc(N)cc4N3C)c2)c1. The van der Waals surface area contributed by atoms with E-state index in [1.807, 2.05) is 36.4 Å². The Morgan fingerprint density at radius 3 is 1.23 bits per heavy atom. The highest BCUT2D eigenvalue weighted by Gasteiger charge is 2.32. The van der Waals surface area contributed by atoms with Gasteiger partial charge in [-0.3, -0.25) is 0 Å². The smallest absolute Gasteiger partial charge is 0.119 e. The van der Waals surface area contributed by atoms with Gasteiger partial charge >= 0.3 is 0 Å². The van der Waals surface area contributed by atoms with Gasteiger partial charge in [0.25, 0.3) is 0 Å². The lowest BCUT2D eigenvalue weighted by molar-refractivity contribution is 0.296. The van der Waals surface area contributed by atoms with Crippen molar-refractivity contribution in [3.05, 3.63) is 144 Å². The monoisotopic (exact) mass is 744 g/mol. The fraction of sp³-hybridized carbons (Fsp3) is 0.250.